The molecule has 0 unspecified atom stereocenters. The SMILES string of the molecule is CC(C)Oc1ccc(/C=C2\CCc3ccccc3C2=O)cc1. The van der Waals surface area contributed by atoms with Crippen LogP contribution in [-0.4, -0.2) is 11.9 Å². The number of hydrogen-bond donors (Lipinski definition) is 0. The molecule has 0 saturated heterocycles. The van der Waals surface area contributed by atoms with Gasteiger partial charge in [0.2, 0.25) is 0 Å². The Morgan fingerprint density at radius 2 is 1.73 bits per heavy atom. The number of aryl methyl sites for hydroxylation is 1. The number of hydrogen-bond acceptors (Lipinski definition) is 2. The van der Waals surface area contributed by atoms with E-state index in [1.54, 1.807) is 0 Å². The van der Waals surface area contributed by atoms with E-state index in [2.05, 4.69) is 0 Å². The molecular formula is C20H20O2. The number of ketones is 1. The Labute approximate surface area is 131 Å². The zero-order valence-electron chi connectivity index (χ0n) is 13.0. The Balaban J connectivity index is 1.83. The number of ether oxygens (including phenoxy) is 1. The summed E-state index contributed by atoms with van der Waals surface area (Å²) >= 11 is 0. The van der Waals surface area contributed by atoms with Gasteiger partial charge in [0.1, 0.15) is 5.75 Å². The van der Waals surface area contributed by atoms with Crippen LogP contribution >= 0.6 is 0 Å². The first-order chi connectivity index (χ1) is 10.6. The number of carbonyl (C=O) groups excluding carboxylic acids is 1. The third kappa shape index (κ3) is 3.11. The first-order valence-corrected chi connectivity index (χ1v) is 7.73. The van der Waals surface area contributed by atoms with Crippen molar-refractivity contribution >= 4 is 11.9 Å². The standard InChI is InChI=1S/C20H20O2/c1-14(2)22-18-11-7-15(8-12-18)13-17-10-9-16-5-3-4-6-19(16)20(17)21/h3-8,11-14H,9-10H2,1-2H3/b17-13+. The molecule has 0 fully saturated rings. The molecule has 112 valence electrons. The molecule has 0 amide bonds. The van der Waals surface area contributed by atoms with Gasteiger partial charge in [-0.2, -0.15) is 0 Å². The lowest BCUT2D eigenvalue weighted by molar-refractivity contribution is 0.102. The van der Waals surface area contributed by atoms with E-state index in [9.17, 15) is 4.79 Å². The number of benzene rings is 2. The number of rotatable bonds is 3. The highest BCUT2D eigenvalue weighted by Crippen LogP contribution is 2.27. The maximum atomic E-state index is 12.5. The molecule has 0 saturated carbocycles. The molecule has 0 aliphatic heterocycles. The van der Waals surface area contributed by atoms with Crippen LogP contribution in [-0.2, 0) is 6.42 Å². The zero-order chi connectivity index (χ0) is 15.5. The average molecular weight is 292 g/mol. The summed E-state index contributed by atoms with van der Waals surface area (Å²) < 4.78 is 5.64. The van der Waals surface area contributed by atoms with Crippen molar-refractivity contribution in [2.75, 3.05) is 0 Å². The number of allylic oxidation sites excluding steroid dienone is 1. The van der Waals surface area contributed by atoms with Crippen molar-refractivity contribution in [1.82, 2.24) is 0 Å². The van der Waals surface area contributed by atoms with Gasteiger partial charge < -0.3 is 4.74 Å². The molecule has 0 heterocycles. The maximum absolute atomic E-state index is 12.5. The van der Waals surface area contributed by atoms with E-state index in [-0.39, 0.29) is 11.9 Å². The molecule has 0 atom stereocenters. The quantitative estimate of drug-likeness (QED) is 0.767. The van der Waals surface area contributed by atoms with Gasteiger partial charge in [0.25, 0.3) is 0 Å². The van der Waals surface area contributed by atoms with E-state index in [0.717, 1.165) is 40.9 Å². The molecule has 0 spiro atoms. The fourth-order valence-electron chi connectivity index (χ4n) is 2.77. The van der Waals surface area contributed by atoms with Crippen LogP contribution in [0.1, 0.15) is 41.8 Å². The first-order valence-electron chi connectivity index (χ1n) is 7.73. The molecule has 2 heteroatoms. The number of carbonyl (C=O) groups is 1. The molecule has 0 N–H and O–H groups in total. The first kappa shape index (κ1) is 14.6. The molecule has 2 aromatic rings. The van der Waals surface area contributed by atoms with Crippen LogP contribution in [0, 0.1) is 0 Å². The Bertz CT molecular complexity index is 709. The fraction of sp³-hybridized carbons (Fsp3) is 0.250. The van der Waals surface area contributed by atoms with Crippen molar-refractivity contribution in [2.24, 2.45) is 0 Å². The van der Waals surface area contributed by atoms with Gasteiger partial charge in [0.05, 0.1) is 6.10 Å². The summed E-state index contributed by atoms with van der Waals surface area (Å²) in [5, 5.41) is 0. The van der Waals surface area contributed by atoms with Crippen molar-refractivity contribution in [3.63, 3.8) is 0 Å². The molecule has 3 rings (SSSR count). The smallest absolute Gasteiger partial charge is 0.189 e. The molecule has 2 aromatic carbocycles. The molecule has 1 aliphatic rings. The van der Waals surface area contributed by atoms with Crippen LogP contribution in [0.2, 0.25) is 0 Å². The van der Waals surface area contributed by atoms with Crippen molar-refractivity contribution in [3.8, 4) is 5.75 Å². The summed E-state index contributed by atoms with van der Waals surface area (Å²) in [7, 11) is 0. The highest BCUT2D eigenvalue weighted by molar-refractivity contribution is 6.13. The third-order valence-corrected chi connectivity index (χ3v) is 3.81. The van der Waals surface area contributed by atoms with Crippen molar-refractivity contribution in [2.45, 2.75) is 32.8 Å². The Morgan fingerprint density at radius 3 is 2.45 bits per heavy atom. The van der Waals surface area contributed by atoms with Gasteiger partial charge in [0.15, 0.2) is 5.78 Å². The Hall–Kier alpha value is -2.35. The lowest BCUT2D eigenvalue weighted by Crippen LogP contribution is -2.13. The predicted molar refractivity (Wildman–Crippen MR) is 89.3 cm³/mol. The molecule has 0 aromatic heterocycles. The van der Waals surface area contributed by atoms with Gasteiger partial charge >= 0.3 is 0 Å². The summed E-state index contributed by atoms with van der Waals surface area (Å²) in [6, 6.07) is 15.8. The predicted octanol–water partition coefficient (Wildman–Crippen LogP) is 4.69. The third-order valence-electron chi connectivity index (χ3n) is 3.81. The van der Waals surface area contributed by atoms with Gasteiger partial charge in [-0.1, -0.05) is 36.4 Å². The molecular weight excluding hydrogens is 272 g/mol. The number of fused-ring (bicyclic) bond motifs is 1. The summed E-state index contributed by atoms with van der Waals surface area (Å²) in [4.78, 5) is 12.5. The average Bonchev–Trinajstić information content (AvgIpc) is 2.52. The van der Waals surface area contributed by atoms with E-state index in [1.807, 2.05) is 68.5 Å². The van der Waals surface area contributed by atoms with Crippen LogP contribution in [0.25, 0.3) is 6.08 Å². The maximum Gasteiger partial charge on any atom is 0.189 e. The molecule has 0 radical (unpaired) electrons. The van der Waals surface area contributed by atoms with Crippen LogP contribution in [0.4, 0.5) is 0 Å². The van der Waals surface area contributed by atoms with Crippen LogP contribution in [0.3, 0.4) is 0 Å². The highest BCUT2D eigenvalue weighted by Gasteiger charge is 2.20. The van der Waals surface area contributed by atoms with E-state index in [0.29, 0.717) is 0 Å². The molecule has 0 bridgehead atoms. The van der Waals surface area contributed by atoms with E-state index in [4.69, 9.17) is 4.74 Å². The van der Waals surface area contributed by atoms with E-state index < -0.39 is 0 Å². The molecule has 2 nitrogen and oxygen atoms in total. The van der Waals surface area contributed by atoms with Crippen LogP contribution in [0.5, 0.6) is 5.75 Å². The molecule has 1 aliphatic carbocycles. The van der Waals surface area contributed by atoms with Gasteiger partial charge in [0, 0.05) is 11.1 Å². The minimum atomic E-state index is 0.157. The van der Waals surface area contributed by atoms with Crippen molar-refractivity contribution < 1.29 is 9.53 Å². The Morgan fingerprint density at radius 1 is 1.00 bits per heavy atom. The highest BCUT2D eigenvalue weighted by atomic mass is 16.5. The lowest BCUT2D eigenvalue weighted by atomic mass is 9.86. The summed E-state index contributed by atoms with van der Waals surface area (Å²) in [5.74, 6) is 1.02. The van der Waals surface area contributed by atoms with Crippen molar-refractivity contribution in [3.05, 3.63) is 70.8 Å². The second kappa shape index (κ2) is 6.18. The van der Waals surface area contributed by atoms with Gasteiger partial charge in [-0.05, 0) is 56.0 Å². The largest absolute Gasteiger partial charge is 0.491 e. The van der Waals surface area contributed by atoms with Gasteiger partial charge in [-0.3, -0.25) is 4.79 Å². The fourth-order valence-corrected chi connectivity index (χ4v) is 2.77. The summed E-state index contributed by atoms with van der Waals surface area (Å²) in [6.45, 7) is 4.02. The minimum Gasteiger partial charge on any atom is -0.491 e. The van der Waals surface area contributed by atoms with Crippen molar-refractivity contribution in [1.29, 1.82) is 0 Å². The van der Waals surface area contributed by atoms with Crippen LogP contribution < -0.4 is 4.74 Å². The second-order valence-electron chi connectivity index (χ2n) is 5.89. The number of Topliss-reactive ketones (excluding diaryl/α,β-unsaturated/α-hetero) is 1. The van der Waals surface area contributed by atoms with E-state index >= 15 is 0 Å². The summed E-state index contributed by atoms with van der Waals surface area (Å²) in [6.07, 6.45) is 3.90. The van der Waals surface area contributed by atoms with Gasteiger partial charge in [-0.25, -0.2) is 0 Å². The zero-order valence-corrected chi connectivity index (χ0v) is 13.0. The van der Waals surface area contributed by atoms with Gasteiger partial charge in [-0.15, -0.1) is 0 Å². The lowest BCUT2D eigenvalue weighted by Gasteiger charge is -2.17. The minimum absolute atomic E-state index is 0.157. The Kier molecular flexibility index (Phi) is 4.10. The monoisotopic (exact) mass is 292 g/mol. The summed E-state index contributed by atoms with van der Waals surface area (Å²) in [5.41, 5.74) is 3.93. The van der Waals surface area contributed by atoms with Crippen LogP contribution in [0.15, 0.2) is 54.1 Å². The second-order valence-corrected chi connectivity index (χ2v) is 5.89. The normalized spacial score (nSPS) is 16.0. The molecule has 22 heavy (non-hydrogen) atoms. The van der Waals surface area contributed by atoms with E-state index in [1.165, 1.54) is 0 Å². The topological polar surface area (TPSA) is 26.3 Å².